The Hall–Kier alpha value is -3.53. The minimum Gasteiger partial charge on any atom is -0.455 e. The number of rotatable bonds is 21. The van der Waals surface area contributed by atoms with Gasteiger partial charge in [0, 0.05) is 49.0 Å². The van der Waals surface area contributed by atoms with E-state index in [9.17, 15) is 29.1 Å². The Kier molecular flexibility index (Phi) is 19.3. The summed E-state index contributed by atoms with van der Waals surface area (Å²) in [5.41, 5.74) is 2.26. The third-order valence-corrected chi connectivity index (χ3v) is 11.8. The number of aliphatic hydroxyl groups is 1. The number of likely N-dealkylation sites (N-methyl/N-ethyl adjacent to an activating group) is 1. The zero-order valence-corrected chi connectivity index (χ0v) is 36.1. The number of benzene rings is 1. The first-order valence-electron chi connectivity index (χ1n) is 19.9. The maximum Gasteiger partial charge on any atom is 0.303 e. The Morgan fingerprint density at radius 1 is 1.07 bits per heavy atom. The average Bonchev–Trinajstić information content (AvgIpc) is 3.66. The van der Waals surface area contributed by atoms with E-state index in [1.807, 2.05) is 77.8 Å². The first-order valence-corrected chi connectivity index (χ1v) is 21.4. The van der Waals surface area contributed by atoms with Crippen LogP contribution >= 0.6 is 24.0 Å². The van der Waals surface area contributed by atoms with Crippen LogP contribution in [0.2, 0.25) is 0 Å². The molecule has 0 bridgehead atoms. The normalized spacial score (nSPS) is 17.9. The Labute approximate surface area is 342 Å². The number of aromatic nitrogens is 1. The number of piperidine rings is 1. The van der Waals surface area contributed by atoms with Crippen LogP contribution in [0.3, 0.4) is 0 Å². The van der Waals surface area contributed by atoms with Crippen molar-refractivity contribution in [2.75, 3.05) is 32.6 Å². The number of ether oxygens (including phenoxy) is 1. The Balaban J connectivity index is 1.85. The van der Waals surface area contributed by atoms with E-state index in [1.165, 1.54) is 11.8 Å². The number of amides is 4. The molecule has 2 heterocycles. The Bertz CT molecular complexity index is 1590. The maximum absolute atomic E-state index is 14.3. The number of hydrogen-bond acceptors (Lipinski definition) is 11. The molecule has 312 valence electrons. The highest BCUT2D eigenvalue weighted by Gasteiger charge is 2.38. The molecule has 7 atom stereocenters. The molecule has 1 aromatic carbocycles. The van der Waals surface area contributed by atoms with E-state index in [4.69, 9.17) is 4.74 Å². The minimum absolute atomic E-state index is 0.0968. The van der Waals surface area contributed by atoms with Gasteiger partial charge in [0.2, 0.25) is 17.7 Å². The molecule has 1 saturated heterocycles. The van der Waals surface area contributed by atoms with E-state index in [2.05, 4.69) is 33.6 Å². The Morgan fingerprint density at radius 3 is 2.36 bits per heavy atom. The summed E-state index contributed by atoms with van der Waals surface area (Å²) in [6, 6.07) is 5.81. The second-order valence-electron chi connectivity index (χ2n) is 15.5. The van der Waals surface area contributed by atoms with Crippen molar-refractivity contribution < 1.29 is 33.8 Å². The molecule has 0 saturated carbocycles. The molecule has 13 nitrogen and oxygen atoms in total. The summed E-state index contributed by atoms with van der Waals surface area (Å²) in [7, 11) is 1.92. The van der Waals surface area contributed by atoms with Crippen LogP contribution in [0.4, 0.5) is 0 Å². The summed E-state index contributed by atoms with van der Waals surface area (Å²) in [5, 5.41) is 21.6. The van der Waals surface area contributed by atoms with E-state index in [0.29, 0.717) is 43.0 Å². The van der Waals surface area contributed by atoms with Crippen LogP contribution in [0, 0.1) is 24.7 Å². The number of hydrogen-bond donors (Lipinski definition) is 5. The summed E-state index contributed by atoms with van der Waals surface area (Å²) in [5.74, 6) is -2.01. The molecule has 1 fully saturated rings. The molecule has 7 unspecified atom stereocenters. The number of aliphatic hydroxyl groups excluding tert-OH is 1. The quantitative estimate of drug-likeness (QED) is 0.0683. The highest BCUT2D eigenvalue weighted by Crippen LogP contribution is 2.31. The van der Waals surface area contributed by atoms with Gasteiger partial charge in [-0.3, -0.25) is 28.9 Å². The molecule has 56 heavy (non-hydrogen) atoms. The zero-order chi connectivity index (χ0) is 41.5. The second-order valence-corrected chi connectivity index (χ2v) is 16.9. The molecular formula is C41H64N6O7S2. The fourth-order valence-electron chi connectivity index (χ4n) is 7.12. The first-order chi connectivity index (χ1) is 26.6. The number of nitrogens with one attached hydrogen (secondary N) is 3. The Morgan fingerprint density at radius 2 is 1.77 bits per heavy atom. The van der Waals surface area contributed by atoms with Crippen LogP contribution in [0.25, 0.3) is 0 Å². The average molecular weight is 817 g/mol. The summed E-state index contributed by atoms with van der Waals surface area (Å²) >= 11 is 5.34. The SMILES string of the molecule is CCC(C)C(NC(=O)C1CCCCN1C)C(=O)N(CO)C(CC(OC(C)=O)c1nc(C(=O)NC(Cc2ccc(C)cc2)CC(C)C(=O)NCCS)cs1)C(C)C. The predicted octanol–water partition coefficient (Wildman–Crippen LogP) is 4.68. The standard InChI is InChI=1S/C41H64N6O7S2/c1-9-27(5)36(45-39(52)33-12-10-11-18-46(33)8)41(53)47(24-48)34(25(2)3)22-35(54-29(7)49)40-44-32(23-56-40)38(51)43-31(20-28(6)37(50)42-17-19-55)21-30-15-13-26(4)14-16-30/h13-16,23,25,27-28,31,33-36,48,55H,9-12,17-22,24H2,1-8H3,(H,42,50)(H,43,51)(H,45,52). The number of esters is 1. The maximum atomic E-state index is 14.3. The van der Waals surface area contributed by atoms with E-state index in [-0.39, 0.29) is 53.8 Å². The summed E-state index contributed by atoms with van der Waals surface area (Å²) in [4.78, 5) is 74.7. The lowest BCUT2D eigenvalue weighted by atomic mass is 9.92. The molecule has 1 aliphatic rings. The van der Waals surface area contributed by atoms with Crippen molar-refractivity contribution in [2.45, 2.75) is 124 Å². The number of carbonyl (C=O) groups excluding carboxylic acids is 5. The van der Waals surface area contributed by atoms with Crippen molar-refractivity contribution in [1.29, 1.82) is 0 Å². The third kappa shape index (κ3) is 13.8. The fraction of sp³-hybridized carbons (Fsp3) is 0.659. The monoisotopic (exact) mass is 816 g/mol. The van der Waals surface area contributed by atoms with Crippen LogP contribution in [0.1, 0.15) is 113 Å². The first kappa shape index (κ1) is 46.8. The highest BCUT2D eigenvalue weighted by molar-refractivity contribution is 7.80. The van der Waals surface area contributed by atoms with Crippen LogP contribution in [0.15, 0.2) is 29.6 Å². The molecular weight excluding hydrogens is 753 g/mol. The van der Waals surface area contributed by atoms with Gasteiger partial charge in [-0.2, -0.15) is 12.6 Å². The summed E-state index contributed by atoms with van der Waals surface area (Å²) in [6.45, 7) is 13.4. The van der Waals surface area contributed by atoms with E-state index < -0.39 is 42.7 Å². The molecule has 3 rings (SSSR count). The summed E-state index contributed by atoms with van der Waals surface area (Å²) < 4.78 is 5.78. The fourth-order valence-corrected chi connectivity index (χ4v) is 8.07. The van der Waals surface area contributed by atoms with Crippen molar-refractivity contribution >= 4 is 53.6 Å². The van der Waals surface area contributed by atoms with Gasteiger partial charge < -0.3 is 30.7 Å². The molecule has 4 N–H and O–H groups in total. The van der Waals surface area contributed by atoms with Gasteiger partial charge >= 0.3 is 5.97 Å². The lowest BCUT2D eigenvalue weighted by Gasteiger charge is -2.39. The van der Waals surface area contributed by atoms with Gasteiger partial charge in [0.1, 0.15) is 23.5 Å². The van der Waals surface area contributed by atoms with E-state index in [0.717, 1.165) is 41.9 Å². The van der Waals surface area contributed by atoms with Crippen LogP contribution in [0.5, 0.6) is 0 Å². The molecule has 2 aromatic rings. The van der Waals surface area contributed by atoms with Crippen molar-refractivity contribution in [3.8, 4) is 0 Å². The van der Waals surface area contributed by atoms with Gasteiger partial charge in [-0.1, -0.05) is 77.3 Å². The van der Waals surface area contributed by atoms with Gasteiger partial charge in [0.15, 0.2) is 6.10 Å². The zero-order valence-electron chi connectivity index (χ0n) is 34.4. The van der Waals surface area contributed by atoms with Crippen molar-refractivity contribution in [3.63, 3.8) is 0 Å². The molecule has 1 aliphatic heterocycles. The van der Waals surface area contributed by atoms with Crippen molar-refractivity contribution in [2.24, 2.45) is 17.8 Å². The number of nitrogens with zero attached hydrogens (tertiary/aromatic N) is 3. The number of thiol groups is 1. The minimum atomic E-state index is -0.931. The van der Waals surface area contributed by atoms with Gasteiger partial charge in [0.25, 0.3) is 5.91 Å². The predicted molar refractivity (Wildman–Crippen MR) is 222 cm³/mol. The third-order valence-electron chi connectivity index (χ3n) is 10.7. The molecule has 0 aliphatic carbocycles. The molecule has 4 amide bonds. The van der Waals surface area contributed by atoms with Crippen LogP contribution < -0.4 is 16.0 Å². The van der Waals surface area contributed by atoms with Gasteiger partial charge in [-0.25, -0.2) is 4.98 Å². The number of aryl methyl sites for hydroxylation is 1. The van der Waals surface area contributed by atoms with Gasteiger partial charge in [-0.15, -0.1) is 11.3 Å². The van der Waals surface area contributed by atoms with Gasteiger partial charge in [-0.05, 0) is 63.6 Å². The summed E-state index contributed by atoms with van der Waals surface area (Å²) in [6.07, 6.45) is 3.34. The van der Waals surface area contributed by atoms with E-state index in [1.54, 1.807) is 5.38 Å². The van der Waals surface area contributed by atoms with Crippen molar-refractivity contribution in [1.82, 2.24) is 30.7 Å². The second kappa shape index (κ2) is 23.0. The lowest BCUT2D eigenvalue weighted by molar-refractivity contribution is -0.151. The lowest BCUT2D eigenvalue weighted by Crippen LogP contribution is -2.59. The largest absolute Gasteiger partial charge is 0.455 e. The molecule has 0 radical (unpaired) electrons. The van der Waals surface area contributed by atoms with Crippen LogP contribution in [-0.4, -0.2) is 106 Å². The number of carbonyl (C=O) groups is 5. The topological polar surface area (TPSA) is 170 Å². The van der Waals surface area contributed by atoms with Gasteiger partial charge in [0.05, 0.1) is 6.04 Å². The molecule has 1 aromatic heterocycles. The smallest absolute Gasteiger partial charge is 0.303 e. The van der Waals surface area contributed by atoms with Crippen LogP contribution in [-0.2, 0) is 30.3 Å². The van der Waals surface area contributed by atoms with E-state index >= 15 is 0 Å². The van der Waals surface area contributed by atoms with Crippen molar-refractivity contribution in [3.05, 3.63) is 51.5 Å². The highest BCUT2D eigenvalue weighted by atomic mass is 32.1. The number of thiazole rings is 1. The molecule has 15 heteroatoms. The number of likely N-dealkylation sites (tertiary alicyclic amines) is 1. The molecule has 0 spiro atoms.